The van der Waals surface area contributed by atoms with Crippen LogP contribution in [0, 0.1) is 5.92 Å². The average molecular weight is 356 g/mol. The third-order valence-corrected chi connectivity index (χ3v) is 4.42. The quantitative estimate of drug-likeness (QED) is 0.703. The van der Waals surface area contributed by atoms with Crippen molar-refractivity contribution in [3.8, 4) is 0 Å². The predicted molar refractivity (Wildman–Crippen MR) is 101 cm³/mol. The molecule has 7 nitrogen and oxygen atoms in total. The first-order valence-corrected chi connectivity index (χ1v) is 8.71. The number of nitrogens with two attached hydrogens (primary N) is 1. The Kier molecular flexibility index (Phi) is 4.82. The van der Waals surface area contributed by atoms with E-state index in [4.69, 9.17) is 10.2 Å². The molecule has 0 aliphatic carbocycles. The zero-order valence-corrected chi connectivity index (χ0v) is 15.3. The van der Waals surface area contributed by atoms with Crippen LogP contribution in [0.5, 0.6) is 0 Å². The summed E-state index contributed by atoms with van der Waals surface area (Å²) in [4.78, 5) is 29.4. The summed E-state index contributed by atoms with van der Waals surface area (Å²) in [5, 5.41) is 3.72. The van der Waals surface area contributed by atoms with E-state index < -0.39 is 5.54 Å². The maximum absolute atomic E-state index is 12.7. The molecule has 2 aromatic heterocycles. The lowest BCUT2D eigenvalue weighted by Gasteiger charge is -2.31. The molecular weight excluding hydrogens is 332 g/mol. The normalized spacial score (nSPS) is 14.0. The Morgan fingerprint density at radius 1 is 1.38 bits per heavy atom. The van der Waals surface area contributed by atoms with Crippen molar-refractivity contribution in [3.05, 3.63) is 40.9 Å². The SMILES string of the molecule is CC(C)CC(C)(CN)NC(=O)Cn1cnc2c(oc3ccccc32)c1=O. The Hall–Kier alpha value is -2.67. The van der Waals surface area contributed by atoms with Gasteiger partial charge in [0.1, 0.15) is 17.6 Å². The zero-order chi connectivity index (χ0) is 18.9. The second kappa shape index (κ2) is 6.92. The van der Waals surface area contributed by atoms with Crippen LogP contribution in [0.2, 0.25) is 0 Å². The van der Waals surface area contributed by atoms with Crippen molar-refractivity contribution in [2.45, 2.75) is 39.3 Å². The number of hydrogen-bond acceptors (Lipinski definition) is 5. The van der Waals surface area contributed by atoms with Crippen molar-refractivity contribution >= 4 is 28.0 Å². The highest BCUT2D eigenvalue weighted by Crippen LogP contribution is 2.24. The van der Waals surface area contributed by atoms with Crippen LogP contribution in [0.25, 0.3) is 22.1 Å². The van der Waals surface area contributed by atoms with E-state index in [0.717, 1.165) is 11.8 Å². The third kappa shape index (κ3) is 3.48. The third-order valence-electron chi connectivity index (χ3n) is 4.42. The molecule has 3 aromatic rings. The van der Waals surface area contributed by atoms with Gasteiger partial charge in [-0.05, 0) is 31.4 Å². The molecule has 0 radical (unpaired) electrons. The molecule has 0 aliphatic heterocycles. The second-order valence-corrected chi connectivity index (χ2v) is 7.36. The fourth-order valence-corrected chi connectivity index (χ4v) is 3.35. The number of furan rings is 1. The highest BCUT2D eigenvalue weighted by Gasteiger charge is 2.26. The summed E-state index contributed by atoms with van der Waals surface area (Å²) >= 11 is 0. The number of aromatic nitrogens is 2. The molecule has 0 bridgehead atoms. The first-order chi connectivity index (χ1) is 12.3. The van der Waals surface area contributed by atoms with Crippen LogP contribution in [0.4, 0.5) is 0 Å². The molecule has 7 heteroatoms. The molecule has 1 amide bonds. The molecule has 0 spiro atoms. The number of nitrogens with one attached hydrogen (secondary N) is 1. The molecule has 3 N–H and O–H groups in total. The molecule has 0 saturated carbocycles. The minimum absolute atomic E-state index is 0.132. The summed E-state index contributed by atoms with van der Waals surface area (Å²) in [6.07, 6.45) is 2.14. The smallest absolute Gasteiger partial charge is 0.297 e. The fourth-order valence-electron chi connectivity index (χ4n) is 3.35. The van der Waals surface area contributed by atoms with Crippen LogP contribution in [0.15, 0.2) is 39.8 Å². The van der Waals surface area contributed by atoms with Gasteiger partial charge in [-0.25, -0.2) is 4.98 Å². The van der Waals surface area contributed by atoms with Crippen LogP contribution in [-0.2, 0) is 11.3 Å². The van der Waals surface area contributed by atoms with Crippen LogP contribution in [0.3, 0.4) is 0 Å². The largest absolute Gasteiger partial charge is 0.448 e. The van der Waals surface area contributed by atoms with E-state index in [2.05, 4.69) is 24.1 Å². The number of fused-ring (bicyclic) bond motifs is 3. The molecule has 138 valence electrons. The first kappa shape index (κ1) is 18.1. The van der Waals surface area contributed by atoms with Crippen molar-refractivity contribution in [3.63, 3.8) is 0 Å². The highest BCUT2D eigenvalue weighted by molar-refractivity contribution is 6.01. The van der Waals surface area contributed by atoms with E-state index in [9.17, 15) is 9.59 Å². The molecule has 26 heavy (non-hydrogen) atoms. The summed E-state index contributed by atoms with van der Waals surface area (Å²) in [5.41, 5.74) is 6.22. The van der Waals surface area contributed by atoms with Crippen LogP contribution < -0.4 is 16.6 Å². The first-order valence-electron chi connectivity index (χ1n) is 8.71. The standard InChI is InChI=1S/C19H24N4O3/c1-12(2)8-19(3,10-20)22-15(24)9-23-11-21-16-13-6-4-5-7-14(13)26-17(16)18(23)25/h4-7,11-12H,8-10,20H2,1-3H3,(H,22,24). The number of hydrogen-bond donors (Lipinski definition) is 2. The number of para-hydroxylation sites is 1. The van der Waals surface area contributed by atoms with Gasteiger partial charge in [-0.3, -0.25) is 14.2 Å². The highest BCUT2D eigenvalue weighted by atomic mass is 16.3. The van der Waals surface area contributed by atoms with Crippen LogP contribution in [-0.4, -0.2) is 27.5 Å². The van der Waals surface area contributed by atoms with E-state index >= 15 is 0 Å². The van der Waals surface area contributed by atoms with Gasteiger partial charge in [0.05, 0.1) is 6.33 Å². The molecule has 2 heterocycles. The monoisotopic (exact) mass is 356 g/mol. The summed E-state index contributed by atoms with van der Waals surface area (Å²) < 4.78 is 6.89. The lowest BCUT2D eigenvalue weighted by atomic mass is 9.91. The summed E-state index contributed by atoms with van der Waals surface area (Å²) in [7, 11) is 0. The number of amides is 1. The van der Waals surface area contributed by atoms with Gasteiger partial charge < -0.3 is 15.5 Å². The van der Waals surface area contributed by atoms with Crippen molar-refractivity contribution in [2.75, 3.05) is 6.54 Å². The molecule has 0 saturated heterocycles. The van der Waals surface area contributed by atoms with Gasteiger partial charge in [0, 0.05) is 17.5 Å². The van der Waals surface area contributed by atoms with E-state index in [-0.39, 0.29) is 23.6 Å². The van der Waals surface area contributed by atoms with Gasteiger partial charge in [0.2, 0.25) is 11.5 Å². The number of benzene rings is 1. The summed E-state index contributed by atoms with van der Waals surface area (Å²) in [6.45, 7) is 6.25. The lowest BCUT2D eigenvalue weighted by molar-refractivity contribution is -0.123. The van der Waals surface area contributed by atoms with Crippen LogP contribution >= 0.6 is 0 Å². The Morgan fingerprint density at radius 3 is 2.81 bits per heavy atom. The molecule has 1 unspecified atom stereocenters. The van der Waals surface area contributed by atoms with Gasteiger partial charge in [0.15, 0.2) is 0 Å². The minimum Gasteiger partial charge on any atom is -0.448 e. The Morgan fingerprint density at radius 2 is 2.12 bits per heavy atom. The van der Waals surface area contributed by atoms with Crippen molar-refractivity contribution < 1.29 is 9.21 Å². The van der Waals surface area contributed by atoms with Gasteiger partial charge >= 0.3 is 0 Å². The number of carbonyl (C=O) groups excluding carboxylic acids is 1. The van der Waals surface area contributed by atoms with Crippen molar-refractivity contribution in [1.29, 1.82) is 0 Å². The molecule has 1 atom stereocenters. The Balaban J connectivity index is 1.87. The predicted octanol–water partition coefficient (Wildman–Crippen LogP) is 2.02. The number of rotatable bonds is 6. The fraction of sp³-hybridized carbons (Fsp3) is 0.421. The van der Waals surface area contributed by atoms with Crippen LogP contribution in [0.1, 0.15) is 27.2 Å². The van der Waals surface area contributed by atoms with Gasteiger partial charge in [-0.1, -0.05) is 26.0 Å². The molecule has 0 fully saturated rings. The Labute approximate surface area is 151 Å². The van der Waals surface area contributed by atoms with E-state index in [1.165, 1.54) is 10.9 Å². The maximum Gasteiger partial charge on any atom is 0.297 e. The maximum atomic E-state index is 12.7. The lowest BCUT2D eigenvalue weighted by Crippen LogP contribution is -2.53. The molecule has 1 aromatic carbocycles. The van der Waals surface area contributed by atoms with E-state index in [1.807, 2.05) is 25.1 Å². The van der Waals surface area contributed by atoms with E-state index in [1.54, 1.807) is 6.07 Å². The Bertz CT molecular complexity index is 1000. The second-order valence-electron chi connectivity index (χ2n) is 7.36. The molecule has 0 aliphatic rings. The molecule has 3 rings (SSSR count). The summed E-state index contributed by atoms with van der Waals surface area (Å²) in [5.74, 6) is 0.109. The van der Waals surface area contributed by atoms with E-state index in [0.29, 0.717) is 23.6 Å². The van der Waals surface area contributed by atoms with Gasteiger partial charge in [0.25, 0.3) is 5.56 Å². The summed E-state index contributed by atoms with van der Waals surface area (Å²) in [6, 6.07) is 7.33. The number of nitrogens with zero attached hydrogens (tertiary/aromatic N) is 2. The average Bonchev–Trinajstić information content (AvgIpc) is 2.96. The zero-order valence-electron chi connectivity index (χ0n) is 15.3. The van der Waals surface area contributed by atoms with Gasteiger partial charge in [-0.2, -0.15) is 0 Å². The molecular formula is C19H24N4O3. The van der Waals surface area contributed by atoms with Crippen molar-refractivity contribution in [2.24, 2.45) is 11.7 Å². The minimum atomic E-state index is -0.508. The number of carbonyl (C=O) groups is 1. The topological polar surface area (TPSA) is 103 Å². The van der Waals surface area contributed by atoms with Gasteiger partial charge in [-0.15, -0.1) is 0 Å². The van der Waals surface area contributed by atoms with Crippen molar-refractivity contribution in [1.82, 2.24) is 14.9 Å².